The van der Waals surface area contributed by atoms with Gasteiger partial charge in [0.1, 0.15) is 0 Å². The van der Waals surface area contributed by atoms with Crippen LogP contribution in [0, 0.1) is 13.8 Å². The van der Waals surface area contributed by atoms with Crippen molar-refractivity contribution in [3.05, 3.63) is 47.8 Å². The molecule has 2 nitrogen and oxygen atoms in total. The molecule has 0 atom stereocenters. The van der Waals surface area contributed by atoms with E-state index in [0.717, 1.165) is 11.4 Å². The summed E-state index contributed by atoms with van der Waals surface area (Å²) in [4.78, 5) is 0. The van der Waals surface area contributed by atoms with Gasteiger partial charge < -0.3 is 0 Å². The molecule has 16 heavy (non-hydrogen) atoms. The molecule has 0 fully saturated rings. The number of aromatic nitrogens is 2. The summed E-state index contributed by atoms with van der Waals surface area (Å²) in [6, 6.07) is 12.8. The lowest BCUT2D eigenvalue weighted by Gasteiger charge is -2.05. The summed E-state index contributed by atoms with van der Waals surface area (Å²) in [5, 5.41) is 13.2. The SMILES string of the molecule is Cc1nnc(C)c2cc3ccccc3cc12. The van der Waals surface area contributed by atoms with Crippen LogP contribution < -0.4 is 0 Å². The molecule has 0 unspecified atom stereocenters. The van der Waals surface area contributed by atoms with E-state index in [2.05, 4.69) is 46.6 Å². The number of nitrogens with zero attached hydrogens (tertiary/aromatic N) is 2. The van der Waals surface area contributed by atoms with Crippen LogP contribution in [-0.2, 0) is 0 Å². The van der Waals surface area contributed by atoms with Gasteiger partial charge in [0, 0.05) is 10.8 Å². The summed E-state index contributed by atoms with van der Waals surface area (Å²) in [5.74, 6) is 0. The van der Waals surface area contributed by atoms with E-state index in [1.807, 2.05) is 13.8 Å². The minimum Gasteiger partial charge on any atom is -0.155 e. The largest absolute Gasteiger partial charge is 0.155 e. The maximum absolute atomic E-state index is 4.16. The van der Waals surface area contributed by atoms with Gasteiger partial charge in [-0.05, 0) is 36.8 Å². The lowest BCUT2D eigenvalue weighted by atomic mass is 10.0. The second kappa shape index (κ2) is 3.27. The first-order valence-electron chi connectivity index (χ1n) is 5.38. The van der Waals surface area contributed by atoms with Crippen LogP contribution in [0.2, 0.25) is 0 Å². The van der Waals surface area contributed by atoms with Crippen LogP contribution in [0.25, 0.3) is 21.5 Å². The molecule has 0 saturated heterocycles. The number of hydrogen-bond acceptors (Lipinski definition) is 2. The van der Waals surface area contributed by atoms with Crippen LogP contribution in [0.3, 0.4) is 0 Å². The zero-order valence-electron chi connectivity index (χ0n) is 9.36. The standard InChI is InChI=1S/C14H12N2/c1-9-13-7-11-5-3-4-6-12(11)8-14(13)10(2)16-15-9/h3-8H,1-2H3. The summed E-state index contributed by atoms with van der Waals surface area (Å²) < 4.78 is 0. The van der Waals surface area contributed by atoms with E-state index in [-0.39, 0.29) is 0 Å². The van der Waals surface area contributed by atoms with E-state index in [1.54, 1.807) is 0 Å². The van der Waals surface area contributed by atoms with Crippen molar-refractivity contribution in [3.8, 4) is 0 Å². The first-order valence-corrected chi connectivity index (χ1v) is 5.38. The zero-order chi connectivity index (χ0) is 11.1. The predicted octanol–water partition coefficient (Wildman–Crippen LogP) is 3.40. The predicted molar refractivity (Wildman–Crippen MR) is 66.5 cm³/mol. The first kappa shape index (κ1) is 9.28. The highest BCUT2D eigenvalue weighted by Crippen LogP contribution is 2.25. The Hall–Kier alpha value is -1.96. The van der Waals surface area contributed by atoms with Crippen molar-refractivity contribution in [1.82, 2.24) is 10.2 Å². The Balaban J connectivity index is 2.56. The molecule has 1 heterocycles. The molecular formula is C14H12N2. The lowest BCUT2D eigenvalue weighted by molar-refractivity contribution is 0.965. The molecule has 2 aromatic carbocycles. The Kier molecular flexibility index (Phi) is 1.90. The van der Waals surface area contributed by atoms with Gasteiger partial charge in [-0.1, -0.05) is 24.3 Å². The van der Waals surface area contributed by atoms with Crippen molar-refractivity contribution in [3.63, 3.8) is 0 Å². The third kappa shape index (κ3) is 1.27. The van der Waals surface area contributed by atoms with E-state index in [4.69, 9.17) is 0 Å². The van der Waals surface area contributed by atoms with Crippen LogP contribution in [0.1, 0.15) is 11.4 Å². The summed E-state index contributed by atoms with van der Waals surface area (Å²) in [6.07, 6.45) is 0. The van der Waals surface area contributed by atoms with Gasteiger partial charge in [-0.2, -0.15) is 10.2 Å². The van der Waals surface area contributed by atoms with E-state index < -0.39 is 0 Å². The molecule has 0 saturated carbocycles. The van der Waals surface area contributed by atoms with Gasteiger partial charge in [0.05, 0.1) is 11.4 Å². The molecule has 0 amide bonds. The van der Waals surface area contributed by atoms with Crippen molar-refractivity contribution >= 4 is 21.5 Å². The Morgan fingerprint density at radius 2 is 1.19 bits per heavy atom. The summed E-state index contributed by atoms with van der Waals surface area (Å²) in [7, 11) is 0. The molecule has 2 heteroatoms. The van der Waals surface area contributed by atoms with E-state index in [0.29, 0.717) is 0 Å². The molecule has 0 spiro atoms. The fraction of sp³-hybridized carbons (Fsp3) is 0.143. The number of benzene rings is 2. The van der Waals surface area contributed by atoms with Gasteiger partial charge >= 0.3 is 0 Å². The Bertz CT molecular complexity index is 627. The molecular weight excluding hydrogens is 196 g/mol. The molecule has 0 aliphatic heterocycles. The van der Waals surface area contributed by atoms with Gasteiger partial charge in [0.25, 0.3) is 0 Å². The second-order valence-electron chi connectivity index (χ2n) is 4.12. The van der Waals surface area contributed by atoms with Gasteiger partial charge in [-0.15, -0.1) is 0 Å². The number of fused-ring (bicyclic) bond motifs is 2. The lowest BCUT2D eigenvalue weighted by Crippen LogP contribution is -1.93. The quantitative estimate of drug-likeness (QED) is 0.529. The van der Waals surface area contributed by atoms with E-state index in [1.165, 1.54) is 21.5 Å². The monoisotopic (exact) mass is 208 g/mol. The van der Waals surface area contributed by atoms with Crippen LogP contribution in [0.5, 0.6) is 0 Å². The number of aryl methyl sites for hydroxylation is 2. The average Bonchev–Trinajstić information content (AvgIpc) is 2.32. The van der Waals surface area contributed by atoms with Crippen molar-refractivity contribution in [2.24, 2.45) is 0 Å². The zero-order valence-corrected chi connectivity index (χ0v) is 9.36. The van der Waals surface area contributed by atoms with Crippen molar-refractivity contribution in [2.75, 3.05) is 0 Å². The minimum atomic E-state index is 0.992. The Morgan fingerprint density at radius 3 is 1.62 bits per heavy atom. The highest BCUT2D eigenvalue weighted by molar-refractivity contribution is 5.99. The fourth-order valence-corrected chi connectivity index (χ4v) is 2.10. The molecule has 3 rings (SSSR count). The van der Waals surface area contributed by atoms with Gasteiger partial charge in [0.15, 0.2) is 0 Å². The van der Waals surface area contributed by atoms with Crippen molar-refractivity contribution < 1.29 is 0 Å². The minimum absolute atomic E-state index is 0.992. The highest BCUT2D eigenvalue weighted by Gasteiger charge is 2.04. The van der Waals surface area contributed by atoms with Crippen LogP contribution in [-0.4, -0.2) is 10.2 Å². The Morgan fingerprint density at radius 1 is 0.750 bits per heavy atom. The average molecular weight is 208 g/mol. The maximum atomic E-state index is 4.16. The smallest absolute Gasteiger partial charge is 0.0678 e. The summed E-state index contributed by atoms with van der Waals surface area (Å²) >= 11 is 0. The number of rotatable bonds is 0. The fourth-order valence-electron chi connectivity index (χ4n) is 2.10. The maximum Gasteiger partial charge on any atom is 0.0678 e. The second-order valence-corrected chi connectivity index (χ2v) is 4.12. The van der Waals surface area contributed by atoms with E-state index in [9.17, 15) is 0 Å². The van der Waals surface area contributed by atoms with Crippen LogP contribution in [0.4, 0.5) is 0 Å². The number of hydrogen-bond donors (Lipinski definition) is 0. The molecule has 0 N–H and O–H groups in total. The normalized spacial score (nSPS) is 11.1. The third-order valence-electron chi connectivity index (χ3n) is 3.02. The Labute approximate surface area is 93.9 Å². The highest BCUT2D eigenvalue weighted by atomic mass is 15.1. The van der Waals surface area contributed by atoms with Gasteiger partial charge in [-0.25, -0.2) is 0 Å². The molecule has 78 valence electrons. The van der Waals surface area contributed by atoms with Gasteiger partial charge in [-0.3, -0.25) is 0 Å². The van der Waals surface area contributed by atoms with Gasteiger partial charge in [0.2, 0.25) is 0 Å². The molecule has 0 aliphatic rings. The van der Waals surface area contributed by atoms with Crippen LogP contribution in [0.15, 0.2) is 36.4 Å². The summed E-state index contributed by atoms with van der Waals surface area (Å²) in [6.45, 7) is 4.01. The summed E-state index contributed by atoms with van der Waals surface area (Å²) in [5.41, 5.74) is 1.98. The molecule has 0 bridgehead atoms. The first-order chi connectivity index (χ1) is 7.75. The van der Waals surface area contributed by atoms with Crippen molar-refractivity contribution in [2.45, 2.75) is 13.8 Å². The molecule has 3 aromatic rings. The van der Waals surface area contributed by atoms with E-state index >= 15 is 0 Å². The molecule has 0 aliphatic carbocycles. The topological polar surface area (TPSA) is 25.8 Å². The molecule has 0 radical (unpaired) electrons. The van der Waals surface area contributed by atoms with Crippen LogP contribution >= 0.6 is 0 Å². The third-order valence-corrected chi connectivity index (χ3v) is 3.02. The molecule has 1 aromatic heterocycles. The van der Waals surface area contributed by atoms with Crippen molar-refractivity contribution in [1.29, 1.82) is 0 Å².